The fraction of sp³-hybridized carbons (Fsp3) is 0.304. The summed E-state index contributed by atoms with van der Waals surface area (Å²) in [4.78, 5) is 32.1. The fourth-order valence-electron chi connectivity index (χ4n) is 3.99. The maximum absolute atomic E-state index is 12.7. The van der Waals surface area contributed by atoms with Gasteiger partial charge in [0, 0.05) is 61.4 Å². The number of carbonyl (C=O) groups is 1. The van der Waals surface area contributed by atoms with Crippen LogP contribution in [0.1, 0.15) is 12.5 Å². The highest BCUT2D eigenvalue weighted by atomic mass is 16.6. The zero-order valence-electron chi connectivity index (χ0n) is 17.6. The van der Waals surface area contributed by atoms with Crippen molar-refractivity contribution < 1.29 is 9.72 Å². The minimum atomic E-state index is -0.375. The molecule has 2 aromatic carbocycles. The number of rotatable bonds is 5. The summed E-state index contributed by atoms with van der Waals surface area (Å²) in [5.41, 5.74) is 2.97. The van der Waals surface area contributed by atoms with E-state index in [1.54, 1.807) is 18.5 Å². The van der Waals surface area contributed by atoms with Crippen molar-refractivity contribution >= 4 is 33.7 Å². The van der Waals surface area contributed by atoms with Gasteiger partial charge in [-0.3, -0.25) is 24.8 Å². The number of piperazine rings is 1. The maximum atomic E-state index is 12.7. The second-order valence-electron chi connectivity index (χ2n) is 7.84. The zero-order chi connectivity index (χ0) is 22.0. The third-order valence-electron chi connectivity index (χ3n) is 5.87. The minimum Gasteiger partial charge on any atom is -0.368 e. The number of aromatic nitrogens is 1. The highest BCUT2D eigenvalue weighted by Gasteiger charge is 2.27. The molecule has 1 aliphatic heterocycles. The van der Waals surface area contributed by atoms with Gasteiger partial charge in [0.25, 0.3) is 5.69 Å². The number of nitrogens with zero attached hydrogens (tertiary/aromatic N) is 4. The van der Waals surface area contributed by atoms with Crippen molar-refractivity contribution in [3.8, 4) is 0 Å². The molecule has 1 N–H and O–H groups in total. The molecule has 0 saturated carbocycles. The Morgan fingerprint density at radius 1 is 1.06 bits per heavy atom. The van der Waals surface area contributed by atoms with Crippen LogP contribution in [0, 0.1) is 17.0 Å². The number of nitro groups is 1. The Balaban J connectivity index is 1.44. The lowest BCUT2D eigenvalue weighted by Gasteiger charge is -2.38. The number of amides is 1. The second kappa shape index (κ2) is 8.69. The van der Waals surface area contributed by atoms with E-state index < -0.39 is 0 Å². The first-order valence-corrected chi connectivity index (χ1v) is 10.3. The van der Waals surface area contributed by atoms with Crippen LogP contribution in [0.15, 0.2) is 54.9 Å². The predicted molar refractivity (Wildman–Crippen MR) is 121 cm³/mol. The van der Waals surface area contributed by atoms with Crippen molar-refractivity contribution in [2.24, 2.45) is 0 Å². The number of nitro benzene ring substituents is 1. The molecular formula is C23H25N5O3. The average Bonchev–Trinajstić information content (AvgIpc) is 2.79. The van der Waals surface area contributed by atoms with Gasteiger partial charge in [-0.25, -0.2) is 0 Å². The van der Waals surface area contributed by atoms with Crippen LogP contribution < -0.4 is 10.2 Å². The fourth-order valence-corrected chi connectivity index (χ4v) is 3.99. The summed E-state index contributed by atoms with van der Waals surface area (Å²) in [6, 6.07) is 12.7. The molecule has 0 aliphatic carbocycles. The lowest BCUT2D eigenvalue weighted by molar-refractivity contribution is -0.383. The standard InChI is InChI=1S/C23H25N5O3/c1-16-3-5-18(6-4-16)25-23(29)17(2)26-11-13-27(14-12-26)21-7-8-22(28(30)31)20-15-24-10-9-19(20)21/h3-10,15,17H,11-14H2,1-2H3,(H,25,29)/t17-/m0/s1. The number of carbonyl (C=O) groups excluding carboxylic acids is 1. The molecule has 1 aliphatic rings. The smallest absolute Gasteiger partial charge is 0.278 e. The monoisotopic (exact) mass is 419 g/mol. The van der Waals surface area contributed by atoms with Crippen molar-refractivity contribution in [1.82, 2.24) is 9.88 Å². The first-order valence-electron chi connectivity index (χ1n) is 10.3. The average molecular weight is 419 g/mol. The van der Waals surface area contributed by atoms with Crippen LogP contribution in [-0.4, -0.2) is 52.9 Å². The Bertz CT molecular complexity index is 1110. The van der Waals surface area contributed by atoms with Gasteiger partial charge in [-0.05, 0) is 38.1 Å². The van der Waals surface area contributed by atoms with Crippen LogP contribution in [-0.2, 0) is 4.79 Å². The van der Waals surface area contributed by atoms with Crippen molar-refractivity contribution in [2.45, 2.75) is 19.9 Å². The topological polar surface area (TPSA) is 91.6 Å². The Kier molecular flexibility index (Phi) is 5.81. The number of aryl methyl sites for hydroxylation is 1. The molecule has 160 valence electrons. The molecule has 3 aromatic rings. The summed E-state index contributed by atoms with van der Waals surface area (Å²) >= 11 is 0. The van der Waals surface area contributed by atoms with Gasteiger partial charge in [-0.2, -0.15) is 0 Å². The van der Waals surface area contributed by atoms with Gasteiger partial charge in [0.2, 0.25) is 5.91 Å². The van der Waals surface area contributed by atoms with E-state index in [0.29, 0.717) is 5.39 Å². The Labute approximate surface area is 180 Å². The molecule has 8 heteroatoms. The van der Waals surface area contributed by atoms with E-state index >= 15 is 0 Å². The van der Waals surface area contributed by atoms with Gasteiger partial charge in [0.1, 0.15) is 0 Å². The Morgan fingerprint density at radius 3 is 2.45 bits per heavy atom. The number of pyridine rings is 1. The van der Waals surface area contributed by atoms with Crippen LogP contribution in [0.5, 0.6) is 0 Å². The normalized spacial score (nSPS) is 15.6. The summed E-state index contributed by atoms with van der Waals surface area (Å²) in [5, 5.41) is 15.7. The lowest BCUT2D eigenvalue weighted by Crippen LogP contribution is -2.52. The van der Waals surface area contributed by atoms with Gasteiger partial charge in [0.15, 0.2) is 0 Å². The molecule has 1 aromatic heterocycles. The van der Waals surface area contributed by atoms with Gasteiger partial charge in [0.05, 0.1) is 16.4 Å². The molecule has 0 bridgehead atoms. The third-order valence-corrected chi connectivity index (χ3v) is 5.87. The van der Waals surface area contributed by atoms with E-state index in [1.807, 2.05) is 50.2 Å². The number of nitrogens with one attached hydrogen (secondary N) is 1. The van der Waals surface area contributed by atoms with Crippen LogP contribution in [0.25, 0.3) is 10.8 Å². The summed E-state index contributed by atoms with van der Waals surface area (Å²) in [6.45, 7) is 6.86. The molecule has 31 heavy (non-hydrogen) atoms. The molecule has 8 nitrogen and oxygen atoms in total. The molecule has 0 radical (unpaired) electrons. The molecule has 1 saturated heterocycles. The largest absolute Gasteiger partial charge is 0.368 e. The number of hydrogen-bond donors (Lipinski definition) is 1. The molecule has 0 unspecified atom stereocenters. The molecule has 0 spiro atoms. The van der Waals surface area contributed by atoms with Gasteiger partial charge >= 0.3 is 0 Å². The van der Waals surface area contributed by atoms with Gasteiger partial charge in [-0.1, -0.05) is 17.7 Å². The summed E-state index contributed by atoms with van der Waals surface area (Å²) in [5.74, 6) is -0.0239. The molecule has 1 atom stereocenters. The minimum absolute atomic E-state index is 0.0239. The van der Waals surface area contributed by atoms with Crippen molar-refractivity contribution in [3.63, 3.8) is 0 Å². The number of anilines is 2. The summed E-state index contributed by atoms with van der Waals surface area (Å²) in [7, 11) is 0. The van der Waals surface area contributed by atoms with Crippen molar-refractivity contribution in [2.75, 3.05) is 36.4 Å². The third kappa shape index (κ3) is 4.34. The maximum Gasteiger partial charge on any atom is 0.278 e. The number of benzene rings is 2. The first kappa shape index (κ1) is 20.7. The van der Waals surface area contributed by atoms with Crippen LogP contribution in [0.4, 0.5) is 17.1 Å². The van der Waals surface area contributed by atoms with Crippen LogP contribution in [0.2, 0.25) is 0 Å². The Hall–Kier alpha value is -3.52. The SMILES string of the molecule is Cc1ccc(NC(=O)[C@H](C)N2CCN(c3ccc([N+](=O)[O-])c4cnccc34)CC2)cc1. The first-order chi connectivity index (χ1) is 14.9. The van der Waals surface area contributed by atoms with E-state index in [2.05, 4.69) is 20.1 Å². The number of hydrogen-bond acceptors (Lipinski definition) is 6. The van der Waals surface area contributed by atoms with Crippen molar-refractivity contribution in [3.05, 3.63) is 70.5 Å². The van der Waals surface area contributed by atoms with E-state index in [4.69, 9.17) is 0 Å². The zero-order valence-corrected chi connectivity index (χ0v) is 17.6. The lowest BCUT2D eigenvalue weighted by atomic mass is 10.1. The predicted octanol–water partition coefficient (Wildman–Crippen LogP) is 3.60. The van der Waals surface area contributed by atoms with E-state index in [1.165, 1.54) is 0 Å². The number of non-ortho nitro benzene ring substituents is 1. The van der Waals surface area contributed by atoms with E-state index in [9.17, 15) is 14.9 Å². The summed E-state index contributed by atoms with van der Waals surface area (Å²) < 4.78 is 0. The molecular weight excluding hydrogens is 394 g/mol. The summed E-state index contributed by atoms with van der Waals surface area (Å²) in [6.07, 6.45) is 3.20. The van der Waals surface area contributed by atoms with E-state index in [0.717, 1.165) is 48.5 Å². The second-order valence-corrected chi connectivity index (χ2v) is 7.84. The van der Waals surface area contributed by atoms with Crippen molar-refractivity contribution in [1.29, 1.82) is 0 Å². The van der Waals surface area contributed by atoms with Crippen LogP contribution in [0.3, 0.4) is 0 Å². The Morgan fingerprint density at radius 2 is 1.77 bits per heavy atom. The molecule has 1 fully saturated rings. The molecule has 1 amide bonds. The molecule has 2 heterocycles. The van der Waals surface area contributed by atoms with Gasteiger partial charge in [-0.15, -0.1) is 0 Å². The quantitative estimate of drug-likeness (QED) is 0.502. The molecule has 4 rings (SSSR count). The highest BCUT2D eigenvalue weighted by Crippen LogP contribution is 2.33. The van der Waals surface area contributed by atoms with E-state index in [-0.39, 0.29) is 22.6 Å². The van der Waals surface area contributed by atoms with Gasteiger partial charge < -0.3 is 10.2 Å². The highest BCUT2D eigenvalue weighted by molar-refractivity contribution is 5.99. The number of fused-ring (bicyclic) bond motifs is 1. The van der Waals surface area contributed by atoms with Crippen LogP contribution >= 0.6 is 0 Å².